The second-order valence-corrected chi connectivity index (χ2v) is 6.47. The largest absolute Gasteiger partial charge is 0.460 e. The van der Waals surface area contributed by atoms with Crippen molar-refractivity contribution in [2.45, 2.75) is 59.1 Å². The van der Waals surface area contributed by atoms with E-state index in [1.54, 1.807) is 0 Å². The molecule has 0 aromatic rings. The summed E-state index contributed by atoms with van der Waals surface area (Å²) in [5.74, 6) is -0.0862. The Bertz CT molecular complexity index is 278. The van der Waals surface area contributed by atoms with Crippen LogP contribution in [0.2, 0.25) is 0 Å². The molecule has 1 atom stereocenters. The third kappa shape index (κ3) is 6.39. The average Bonchev–Trinajstić information content (AvgIpc) is 2.34. The minimum Gasteiger partial charge on any atom is -0.460 e. The Morgan fingerprint density at radius 2 is 1.79 bits per heavy atom. The third-order valence-corrected chi connectivity index (χ3v) is 3.67. The minimum atomic E-state index is -0.369. The van der Waals surface area contributed by atoms with Crippen LogP contribution in [0.5, 0.6) is 0 Å². The lowest BCUT2D eigenvalue weighted by Crippen LogP contribution is -2.49. The second kappa shape index (κ2) is 7.25. The van der Waals surface area contributed by atoms with Gasteiger partial charge < -0.3 is 9.64 Å². The van der Waals surface area contributed by atoms with Crippen molar-refractivity contribution >= 4 is 5.97 Å². The summed E-state index contributed by atoms with van der Waals surface area (Å²) in [6.07, 6.45) is 1.71. The number of ether oxygens (including phenoxy) is 1. The van der Waals surface area contributed by atoms with Crippen molar-refractivity contribution in [1.29, 1.82) is 0 Å². The van der Waals surface area contributed by atoms with E-state index in [-0.39, 0.29) is 11.6 Å². The van der Waals surface area contributed by atoms with Gasteiger partial charge in [0.1, 0.15) is 5.60 Å². The Labute approximate surface area is 118 Å². The maximum atomic E-state index is 11.7. The van der Waals surface area contributed by atoms with Crippen LogP contribution in [-0.2, 0) is 9.53 Å². The number of carbonyl (C=O) groups excluding carboxylic acids is 1. The molecule has 1 saturated heterocycles. The molecule has 0 radical (unpaired) electrons. The van der Waals surface area contributed by atoms with Crippen LogP contribution in [0.4, 0.5) is 0 Å². The number of piperazine rings is 1. The fraction of sp³-hybridized carbons (Fsp3) is 0.933. The van der Waals surface area contributed by atoms with Gasteiger partial charge in [-0.1, -0.05) is 6.92 Å². The first-order valence-electron chi connectivity index (χ1n) is 7.50. The summed E-state index contributed by atoms with van der Waals surface area (Å²) < 4.78 is 5.33. The predicted octanol–water partition coefficient (Wildman–Crippen LogP) is 2.13. The Kier molecular flexibility index (Phi) is 6.27. The molecule has 1 aliphatic heterocycles. The smallest absolute Gasteiger partial charge is 0.307 e. The summed E-state index contributed by atoms with van der Waals surface area (Å²) in [5.41, 5.74) is -0.369. The van der Waals surface area contributed by atoms with Crippen LogP contribution in [-0.4, -0.2) is 60.1 Å². The van der Waals surface area contributed by atoms with Gasteiger partial charge in [0.25, 0.3) is 0 Å². The first-order valence-corrected chi connectivity index (χ1v) is 7.50. The van der Waals surface area contributed by atoms with Crippen molar-refractivity contribution in [2.75, 3.05) is 32.7 Å². The highest BCUT2D eigenvalue weighted by molar-refractivity contribution is 5.70. The second-order valence-electron chi connectivity index (χ2n) is 6.47. The molecule has 0 aromatic heterocycles. The van der Waals surface area contributed by atoms with Gasteiger partial charge in [-0.15, -0.1) is 0 Å². The molecule has 1 unspecified atom stereocenters. The standard InChI is InChI=1S/C15H30N2O2/c1-6-13(2)17-11-9-16(10-12-17)8-7-14(18)19-15(3,4)5/h13H,6-12H2,1-5H3. The number of nitrogens with zero attached hydrogens (tertiary/aromatic N) is 2. The zero-order valence-corrected chi connectivity index (χ0v) is 13.2. The molecule has 0 N–H and O–H groups in total. The molecule has 1 heterocycles. The van der Waals surface area contributed by atoms with E-state index in [2.05, 4.69) is 23.6 Å². The third-order valence-electron chi connectivity index (χ3n) is 3.67. The molecule has 0 aliphatic carbocycles. The van der Waals surface area contributed by atoms with Crippen LogP contribution < -0.4 is 0 Å². The van der Waals surface area contributed by atoms with E-state index in [4.69, 9.17) is 4.74 Å². The van der Waals surface area contributed by atoms with Crippen LogP contribution >= 0.6 is 0 Å². The predicted molar refractivity (Wildman–Crippen MR) is 78.2 cm³/mol. The van der Waals surface area contributed by atoms with E-state index in [0.29, 0.717) is 12.5 Å². The monoisotopic (exact) mass is 270 g/mol. The Hall–Kier alpha value is -0.610. The normalized spacial score (nSPS) is 20.3. The zero-order valence-electron chi connectivity index (χ0n) is 13.2. The maximum absolute atomic E-state index is 11.7. The van der Waals surface area contributed by atoms with Crippen LogP contribution in [0.25, 0.3) is 0 Å². The molecule has 4 nitrogen and oxygen atoms in total. The SMILES string of the molecule is CCC(C)N1CCN(CCC(=O)OC(C)(C)C)CC1. The molecular formula is C15H30N2O2. The molecule has 0 amide bonds. The zero-order chi connectivity index (χ0) is 14.5. The maximum Gasteiger partial charge on any atom is 0.307 e. The first kappa shape index (κ1) is 16.4. The highest BCUT2D eigenvalue weighted by Gasteiger charge is 2.21. The first-order chi connectivity index (χ1) is 8.81. The molecule has 1 aliphatic rings. The Morgan fingerprint density at radius 1 is 1.21 bits per heavy atom. The fourth-order valence-electron chi connectivity index (χ4n) is 2.33. The van der Waals surface area contributed by atoms with Gasteiger partial charge >= 0.3 is 5.97 Å². The van der Waals surface area contributed by atoms with Gasteiger partial charge in [0, 0.05) is 38.8 Å². The van der Waals surface area contributed by atoms with Gasteiger partial charge in [0.2, 0.25) is 0 Å². The Morgan fingerprint density at radius 3 is 2.26 bits per heavy atom. The topological polar surface area (TPSA) is 32.8 Å². The molecule has 112 valence electrons. The Balaban J connectivity index is 2.21. The van der Waals surface area contributed by atoms with Gasteiger partial charge in [0.05, 0.1) is 6.42 Å². The van der Waals surface area contributed by atoms with Gasteiger partial charge in [-0.3, -0.25) is 9.69 Å². The molecule has 1 rings (SSSR count). The lowest BCUT2D eigenvalue weighted by Gasteiger charge is -2.37. The number of carbonyl (C=O) groups is 1. The molecule has 0 aromatic carbocycles. The van der Waals surface area contributed by atoms with Gasteiger partial charge in [0.15, 0.2) is 0 Å². The fourth-order valence-corrected chi connectivity index (χ4v) is 2.33. The van der Waals surface area contributed by atoms with Gasteiger partial charge in [-0.25, -0.2) is 0 Å². The lowest BCUT2D eigenvalue weighted by atomic mass is 10.2. The molecular weight excluding hydrogens is 240 g/mol. The van der Waals surface area contributed by atoms with E-state index in [0.717, 1.165) is 32.7 Å². The van der Waals surface area contributed by atoms with Crippen LogP contribution in [0, 0.1) is 0 Å². The van der Waals surface area contributed by atoms with E-state index >= 15 is 0 Å². The van der Waals surface area contributed by atoms with E-state index in [9.17, 15) is 4.79 Å². The summed E-state index contributed by atoms with van der Waals surface area (Å²) >= 11 is 0. The van der Waals surface area contributed by atoms with Crippen molar-refractivity contribution in [3.05, 3.63) is 0 Å². The van der Waals surface area contributed by atoms with Crippen molar-refractivity contribution < 1.29 is 9.53 Å². The minimum absolute atomic E-state index is 0.0862. The van der Waals surface area contributed by atoms with Crippen LogP contribution in [0.15, 0.2) is 0 Å². The molecule has 4 heteroatoms. The molecule has 0 saturated carbocycles. The highest BCUT2D eigenvalue weighted by Crippen LogP contribution is 2.11. The quantitative estimate of drug-likeness (QED) is 0.717. The molecule has 0 spiro atoms. The molecule has 19 heavy (non-hydrogen) atoms. The summed E-state index contributed by atoms with van der Waals surface area (Å²) in [7, 11) is 0. The van der Waals surface area contributed by atoms with Crippen LogP contribution in [0.3, 0.4) is 0 Å². The summed E-state index contributed by atoms with van der Waals surface area (Å²) in [6, 6.07) is 0.674. The van der Waals surface area contributed by atoms with E-state index in [1.807, 2.05) is 20.8 Å². The number of rotatable bonds is 5. The van der Waals surface area contributed by atoms with Crippen molar-refractivity contribution in [1.82, 2.24) is 9.80 Å². The highest BCUT2D eigenvalue weighted by atomic mass is 16.6. The molecule has 1 fully saturated rings. The van der Waals surface area contributed by atoms with E-state index < -0.39 is 0 Å². The van der Waals surface area contributed by atoms with Crippen LogP contribution in [0.1, 0.15) is 47.5 Å². The van der Waals surface area contributed by atoms with Crippen molar-refractivity contribution in [2.24, 2.45) is 0 Å². The molecule has 0 bridgehead atoms. The summed E-state index contributed by atoms with van der Waals surface area (Å²) in [4.78, 5) is 16.6. The average molecular weight is 270 g/mol. The lowest BCUT2D eigenvalue weighted by molar-refractivity contribution is -0.155. The summed E-state index contributed by atoms with van der Waals surface area (Å²) in [6.45, 7) is 15.4. The van der Waals surface area contributed by atoms with Gasteiger partial charge in [-0.05, 0) is 34.1 Å². The van der Waals surface area contributed by atoms with Crippen molar-refractivity contribution in [3.8, 4) is 0 Å². The van der Waals surface area contributed by atoms with Crippen molar-refractivity contribution in [3.63, 3.8) is 0 Å². The number of esters is 1. The summed E-state index contributed by atoms with van der Waals surface area (Å²) in [5, 5.41) is 0. The van der Waals surface area contributed by atoms with E-state index in [1.165, 1.54) is 6.42 Å². The number of hydrogen-bond acceptors (Lipinski definition) is 4. The van der Waals surface area contributed by atoms with Gasteiger partial charge in [-0.2, -0.15) is 0 Å². The number of hydrogen-bond donors (Lipinski definition) is 0.